The first-order chi connectivity index (χ1) is 14.3. The van der Waals surface area contributed by atoms with Gasteiger partial charge in [0.2, 0.25) is 15.9 Å². The smallest absolute Gasteiger partial charge is 0.243 e. The summed E-state index contributed by atoms with van der Waals surface area (Å²) < 4.78 is 32.7. The average molecular weight is 494 g/mol. The minimum absolute atomic E-state index is 0.0132. The molecule has 2 aromatic carbocycles. The zero-order valence-corrected chi connectivity index (χ0v) is 19.5. The third-order valence-corrected chi connectivity index (χ3v) is 6.93. The maximum atomic E-state index is 13.2. The van der Waals surface area contributed by atoms with E-state index in [9.17, 15) is 13.2 Å². The van der Waals surface area contributed by atoms with Gasteiger partial charge in [0.15, 0.2) is 0 Å². The molecule has 30 heavy (non-hydrogen) atoms. The largest absolute Gasteiger partial charge is 0.382 e. The summed E-state index contributed by atoms with van der Waals surface area (Å²) in [6, 6.07) is 10.6. The Hall–Kier alpha value is -1.35. The summed E-state index contributed by atoms with van der Waals surface area (Å²) in [4.78, 5) is 12.4. The van der Waals surface area contributed by atoms with Gasteiger partial charge < -0.3 is 10.1 Å². The van der Waals surface area contributed by atoms with Crippen LogP contribution in [-0.2, 0) is 26.1 Å². The first kappa shape index (κ1) is 24.9. The van der Waals surface area contributed by atoms with Crippen molar-refractivity contribution in [3.63, 3.8) is 0 Å². The lowest BCUT2D eigenvalue weighted by atomic mass is 10.2. The van der Waals surface area contributed by atoms with Crippen LogP contribution in [-0.4, -0.2) is 44.9 Å². The van der Waals surface area contributed by atoms with Gasteiger partial charge in [0.05, 0.1) is 11.4 Å². The van der Waals surface area contributed by atoms with Crippen LogP contribution in [0.3, 0.4) is 0 Å². The van der Waals surface area contributed by atoms with Gasteiger partial charge in [0, 0.05) is 46.9 Å². The fraction of sp³-hybridized carbons (Fsp3) is 0.350. The number of nitrogens with zero attached hydrogens (tertiary/aromatic N) is 1. The second-order valence-corrected chi connectivity index (χ2v) is 9.52. The summed E-state index contributed by atoms with van der Waals surface area (Å²) in [7, 11) is -4.01. The Balaban J connectivity index is 2.24. The van der Waals surface area contributed by atoms with Gasteiger partial charge in [-0.3, -0.25) is 4.79 Å². The monoisotopic (exact) mass is 492 g/mol. The summed E-state index contributed by atoms with van der Waals surface area (Å²) in [5, 5.41) is 3.74. The molecule has 0 fully saturated rings. The second-order valence-electron chi connectivity index (χ2n) is 6.33. The molecule has 2 rings (SSSR count). The minimum Gasteiger partial charge on any atom is -0.382 e. The topological polar surface area (TPSA) is 75.7 Å². The van der Waals surface area contributed by atoms with E-state index in [1.807, 2.05) is 6.92 Å². The van der Waals surface area contributed by atoms with Crippen molar-refractivity contribution in [1.29, 1.82) is 0 Å². The van der Waals surface area contributed by atoms with E-state index in [0.717, 1.165) is 4.31 Å². The Bertz CT molecular complexity index is 933. The number of hydrogen-bond acceptors (Lipinski definition) is 4. The molecule has 0 spiro atoms. The SMILES string of the molecule is CCOCCCNC(=O)CN(Cc1c(Cl)cccc1Cl)S(=O)(=O)c1ccc(Cl)cc1. The zero-order chi connectivity index (χ0) is 22.1. The van der Waals surface area contributed by atoms with Crippen LogP contribution in [0.15, 0.2) is 47.4 Å². The van der Waals surface area contributed by atoms with Crippen LogP contribution in [0.25, 0.3) is 0 Å². The van der Waals surface area contributed by atoms with Gasteiger partial charge in [-0.25, -0.2) is 8.42 Å². The van der Waals surface area contributed by atoms with Crippen LogP contribution in [0.4, 0.5) is 0 Å². The summed E-state index contributed by atoms with van der Waals surface area (Å²) in [5.74, 6) is -0.438. The highest BCUT2D eigenvalue weighted by atomic mass is 35.5. The van der Waals surface area contributed by atoms with Crippen molar-refractivity contribution in [2.45, 2.75) is 24.8 Å². The maximum absolute atomic E-state index is 13.2. The van der Waals surface area contributed by atoms with Crippen molar-refractivity contribution in [1.82, 2.24) is 9.62 Å². The second kappa shape index (κ2) is 11.9. The van der Waals surface area contributed by atoms with E-state index in [-0.39, 0.29) is 18.0 Å². The number of carbonyl (C=O) groups is 1. The van der Waals surface area contributed by atoms with E-state index in [4.69, 9.17) is 39.5 Å². The Morgan fingerprint density at radius 1 is 1.07 bits per heavy atom. The van der Waals surface area contributed by atoms with E-state index >= 15 is 0 Å². The van der Waals surface area contributed by atoms with Gasteiger partial charge in [0.1, 0.15) is 0 Å². The number of rotatable bonds is 11. The third kappa shape index (κ3) is 7.11. The molecule has 0 aliphatic heterocycles. The molecule has 6 nitrogen and oxygen atoms in total. The van der Waals surface area contributed by atoms with Crippen molar-refractivity contribution >= 4 is 50.7 Å². The summed E-state index contributed by atoms with van der Waals surface area (Å²) in [5.41, 5.74) is 0.419. The molecule has 0 aromatic heterocycles. The van der Waals surface area contributed by atoms with E-state index in [1.54, 1.807) is 18.2 Å². The van der Waals surface area contributed by atoms with Gasteiger partial charge >= 0.3 is 0 Å². The van der Waals surface area contributed by atoms with Crippen LogP contribution in [0, 0.1) is 0 Å². The van der Waals surface area contributed by atoms with Crippen LogP contribution in [0.2, 0.25) is 15.1 Å². The fourth-order valence-electron chi connectivity index (χ4n) is 2.60. The van der Waals surface area contributed by atoms with Crippen LogP contribution in [0.5, 0.6) is 0 Å². The molecule has 0 saturated heterocycles. The molecular formula is C20H23Cl3N2O4S. The summed E-state index contributed by atoms with van der Waals surface area (Å²) >= 11 is 18.3. The minimum atomic E-state index is -4.01. The average Bonchev–Trinajstić information content (AvgIpc) is 2.70. The Labute approximate surface area is 192 Å². The van der Waals surface area contributed by atoms with Crippen molar-refractivity contribution < 1.29 is 17.9 Å². The molecule has 1 N–H and O–H groups in total. The third-order valence-electron chi connectivity index (χ3n) is 4.16. The highest BCUT2D eigenvalue weighted by Gasteiger charge is 2.28. The molecule has 10 heteroatoms. The molecule has 0 unspecified atom stereocenters. The zero-order valence-electron chi connectivity index (χ0n) is 16.4. The molecule has 0 aliphatic rings. The van der Waals surface area contributed by atoms with Gasteiger partial charge in [-0.1, -0.05) is 40.9 Å². The number of halogens is 3. The quantitative estimate of drug-likeness (QED) is 0.471. The molecule has 0 aliphatic carbocycles. The van der Waals surface area contributed by atoms with Crippen LogP contribution in [0.1, 0.15) is 18.9 Å². The molecule has 0 radical (unpaired) electrons. The predicted octanol–water partition coefficient (Wildman–Crippen LogP) is 4.38. The maximum Gasteiger partial charge on any atom is 0.243 e. The van der Waals surface area contributed by atoms with Crippen LogP contribution < -0.4 is 5.32 Å². The predicted molar refractivity (Wildman–Crippen MR) is 120 cm³/mol. The van der Waals surface area contributed by atoms with Crippen molar-refractivity contribution in [3.05, 3.63) is 63.1 Å². The molecule has 2 aromatic rings. The lowest BCUT2D eigenvalue weighted by Crippen LogP contribution is -2.40. The Morgan fingerprint density at radius 2 is 1.70 bits per heavy atom. The molecule has 164 valence electrons. The number of hydrogen-bond donors (Lipinski definition) is 1. The number of carbonyl (C=O) groups excluding carboxylic acids is 1. The highest BCUT2D eigenvalue weighted by molar-refractivity contribution is 7.89. The standard InChI is InChI=1S/C20H23Cl3N2O4S/c1-2-29-12-4-11-24-20(26)14-25(13-17-18(22)5-3-6-19(17)23)30(27,28)16-9-7-15(21)8-10-16/h3,5-10H,2,4,11-14H2,1H3,(H,24,26). The molecule has 0 heterocycles. The highest BCUT2D eigenvalue weighted by Crippen LogP contribution is 2.28. The Kier molecular flexibility index (Phi) is 9.87. The first-order valence-corrected chi connectivity index (χ1v) is 11.9. The lowest BCUT2D eigenvalue weighted by Gasteiger charge is -2.23. The van der Waals surface area contributed by atoms with E-state index in [2.05, 4.69) is 5.32 Å². The molecule has 0 atom stereocenters. The molecule has 0 bridgehead atoms. The van der Waals surface area contributed by atoms with E-state index < -0.39 is 15.9 Å². The van der Waals surface area contributed by atoms with Crippen molar-refractivity contribution in [2.75, 3.05) is 26.3 Å². The first-order valence-electron chi connectivity index (χ1n) is 9.28. The molecule has 0 saturated carbocycles. The number of ether oxygens (including phenoxy) is 1. The van der Waals surface area contributed by atoms with Gasteiger partial charge in [-0.15, -0.1) is 0 Å². The van der Waals surface area contributed by atoms with Gasteiger partial charge in [-0.2, -0.15) is 4.31 Å². The number of nitrogens with one attached hydrogen (secondary N) is 1. The number of sulfonamides is 1. The van der Waals surface area contributed by atoms with Crippen LogP contribution >= 0.6 is 34.8 Å². The van der Waals surface area contributed by atoms with Crippen molar-refractivity contribution in [2.24, 2.45) is 0 Å². The molecule has 1 amide bonds. The summed E-state index contributed by atoms with van der Waals surface area (Å²) in [6.45, 7) is 2.83. The summed E-state index contributed by atoms with van der Waals surface area (Å²) in [6.07, 6.45) is 0.625. The van der Waals surface area contributed by atoms with Gasteiger partial charge in [-0.05, 0) is 49.7 Å². The molecular weight excluding hydrogens is 471 g/mol. The van der Waals surface area contributed by atoms with E-state index in [0.29, 0.717) is 46.8 Å². The normalized spacial score (nSPS) is 11.6. The number of amides is 1. The fourth-order valence-corrected chi connectivity index (χ4v) is 4.61. The number of benzene rings is 2. The van der Waals surface area contributed by atoms with E-state index in [1.165, 1.54) is 24.3 Å². The Morgan fingerprint density at radius 3 is 2.30 bits per heavy atom. The lowest BCUT2D eigenvalue weighted by molar-refractivity contribution is -0.121. The van der Waals surface area contributed by atoms with Crippen molar-refractivity contribution in [3.8, 4) is 0 Å². The van der Waals surface area contributed by atoms with Gasteiger partial charge in [0.25, 0.3) is 0 Å².